The van der Waals surface area contributed by atoms with Crippen molar-refractivity contribution in [3.05, 3.63) is 65.8 Å². The number of aryl methyl sites for hydroxylation is 2. The summed E-state index contributed by atoms with van der Waals surface area (Å²) in [4.78, 5) is 18.8. The number of nitrogens with zero attached hydrogens (tertiary/aromatic N) is 4. The van der Waals surface area contributed by atoms with Gasteiger partial charge >= 0.3 is 0 Å². The summed E-state index contributed by atoms with van der Waals surface area (Å²) in [7, 11) is 0. The quantitative estimate of drug-likeness (QED) is 0.691. The zero-order chi connectivity index (χ0) is 18.6. The minimum Gasteiger partial charge on any atom is -0.421 e. The van der Waals surface area contributed by atoms with E-state index in [4.69, 9.17) is 4.42 Å². The highest BCUT2D eigenvalue weighted by molar-refractivity contribution is 5.77. The Labute approximate surface area is 158 Å². The zero-order valence-corrected chi connectivity index (χ0v) is 15.3. The first-order chi connectivity index (χ1) is 13.2. The molecular weight excluding hydrogens is 340 g/mol. The van der Waals surface area contributed by atoms with E-state index in [0.29, 0.717) is 24.6 Å². The van der Waals surface area contributed by atoms with Gasteiger partial charge in [-0.15, -0.1) is 10.2 Å². The number of benzene rings is 1. The maximum absolute atomic E-state index is 12.7. The summed E-state index contributed by atoms with van der Waals surface area (Å²) in [6.45, 7) is 2.83. The molecule has 0 radical (unpaired) electrons. The summed E-state index contributed by atoms with van der Waals surface area (Å²) in [5.74, 6) is 1.12. The summed E-state index contributed by atoms with van der Waals surface area (Å²) in [6, 6.07) is 12.1. The van der Waals surface area contributed by atoms with Crippen molar-refractivity contribution in [2.24, 2.45) is 0 Å². The summed E-state index contributed by atoms with van der Waals surface area (Å²) in [6.07, 6.45) is 6.40. The van der Waals surface area contributed by atoms with E-state index in [9.17, 15) is 4.79 Å². The monoisotopic (exact) mass is 362 g/mol. The average molecular weight is 362 g/mol. The Morgan fingerprint density at radius 2 is 1.93 bits per heavy atom. The van der Waals surface area contributed by atoms with Gasteiger partial charge < -0.3 is 9.32 Å². The molecule has 4 rings (SSSR count). The standard InChI is InChI=1S/C21H22N4O2/c1-15-4-6-17(7-5-15)21-24-23-19(27-21)8-9-20(26)25-14-2-3-18(25)16-10-12-22-13-11-16/h4-7,10-13,18H,2-3,8-9,14H2,1H3/t18-/m1/s1. The fourth-order valence-corrected chi connectivity index (χ4v) is 3.52. The lowest BCUT2D eigenvalue weighted by Gasteiger charge is -2.24. The number of aromatic nitrogens is 3. The second kappa shape index (κ2) is 7.70. The maximum Gasteiger partial charge on any atom is 0.247 e. The van der Waals surface area contributed by atoms with Gasteiger partial charge in [-0.05, 0) is 49.6 Å². The molecule has 0 saturated carbocycles. The highest BCUT2D eigenvalue weighted by Gasteiger charge is 2.29. The van der Waals surface area contributed by atoms with Crippen LogP contribution in [0.25, 0.3) is 11.5 Å². The molecule has 0 unspecified atom stereocenters. The van der Waals surface area contributed by atoms with Crippen LogP contribution in [0.15, 0.2) is 53.2 Å². The molecule has 2 aromatic heterocycles. The number of hydrogen-bond acceptors (Lipinski definition) is 5. The molecule has 3 heterocycles. The Balaban J connectivity index is 1.39. The minimum absolute atomic E-state index is 0.129. The Morgan fingerprint density at radius 3 is 2.70 bits per heavy atom. The lowest BCUT2D eigenvalue weighted by molar-refractivity contribution is -0.132. The van der Waals surface area contributed by atoms with Gasteiger partial charge in [-0.3, -0.25) is 9.78 Å². The maximum atomic E-state index is 12.7. The zero-order valence-electron chi connectivity index (χ0n) is 15.3. The molecule has 1 aromatic carbocycles. The number of amides is 1. The second-order valence-corrected chi connectivity index (χ2v) is 6.89. The van der Waals surface area contributed by atoms with E-state index in [-0.39, 0.29) is 11.9 Å². The van der Waals surface area contributed by atoms with E-state index in [2.05, 4.69) is 15.2 Å². The molecule has 0 aliphatic carbocycles. The average Bonchev–Trinajstić information content (AvgIpc) is 3.37. The van der Waals surface area contributed by atoms with Crippen molar-refractivity contribution in [2.75, 3.05) is 6.54 Å². The van der Waals surface area contributed by atoms with Crippen LogP contribution in [0.4, 0.5) is 0 Å². The first kappa shape index (κ1) is 17.4. The fourth-order valence-electron chi connectivity index (χ4n) is 3.52. The Kier molecular flexibility index (Phi) is 4.96. The van der Waals surface area contributed by atoms with Crippen LogP contribution in [0, 0.1) is 6.92 Å². The number of likely N-dealkylation sites (tertiary alicyclic amines) is 1. The predicted molar refractivity (Wildman–Crippen MR) is 101 cm³/mol. The predicted octanol–water partition coefficient (Wildman–Crippen LogP) is 3.74. The molecule has 1 saturated heterocycles. The van der Waals surface area contributed by atoms with Gasteiger partial charge in [0.1, 0.15) is 0 Å². The second-order valence-electron chi connectivity index (χ2n) is 6.89. The molecule has 1 fully saturated rings. The minimum atomic E-state index is 0.129. The van der Waals surface area contributed by atoms with Gasteiger partial charge in [0, 0.05) is 37.3 Å². The molecule has 1 atom stereocenters. The third kappa shape index (κ3) is 3.89. The van der Waals surface area contributed by atoms with Crippen LogP contribution in [0.5, 0.6) is 0 Å². The number of pyridine rings is 1. The molecule has 3 aromatic rings. The molecule has 1 aliphatic rings. The van der Waals surface area contributed by atoms with Gasteiger partial charge in [0.2, 0.25) is 17.7 Å². The van der Waals surface area contributed by atoms with E-state index >= 15 is 0 Å². The molecule has 1 aliphatic heterocycles. The van der Waals surface area contributed by atoms with Gasteiger partial charge in [-0.1, -0.05) is 17.7 Å². The van der Waals surface area contributed by atoms with Crippen LogP contribution in [-0.4, -0.2) is 32.5 Å². The van der Waals surface area contributed by atoms with Crippen molar-refractivity contribution in [1.29, 1.82) is 0 Å². The van der Waals surface area contributed by atoms with E-state index < -0.39 is 0 Å². The van der Waals surface area contributed by atoms with Crippen LogP contribution >= 0.6 is 0 Å². The van der Waals surface area contributed by atoms with E-state index in [1.54, 1.807) is 12.4 Å². The molecule has 0 bridgehead atoms. The lowest BCUT2D eigenvalue weighted by Crippen LogP contribution is -2.30. The molecular formula is C21H22N4O2. The van der Waals surface area contributed by atoms with Crippen molar-refractivity contribution < 1.29 is 9.21 Å². The van der Waals surface area contributed by atoms with E-state index in [0.717, 1.165) is 30.5 Å². The molecule has 6 heteroatoms. The third-order valence-electron chi connectivity index (χ3n) is 4.98. The summed E-state index contributed by atoms with van der Waals surface area (Å²) < 4.78 is 5.73. The SMILES string of the molecule is Cc1ccc(-c2nnc(CCC(=O)N3CCC[C@@H]3c3ccncc3)o2)cc1. The van der Waals surface area contributed by atoms with Crippen molar-refractivity contribution in [3.63, 3.8) is 0 Å². The number of carbonyl (C=O) groups excluding carboxylic acids is 1. The van der Waals surface area contributed by atoms with Crippen molar-refractivity contribution in [3.8, 4) is 11.5 Å². The number of carbonyl (C=O) groups is 1. The molecule has 138 valence electrons. The Bertz CT molecular complexity index is 905. The normalized spacial score (nSPS) is 16.6. The summed E-state index contributed by atoms with van der Waals surface area (Å²) in [5.41, 5.74) is 3.22. The number of hydrogen-bond donors (Lipinski definition) is 0. The molecule has 27 heavy (non-hydrogen) atoms. The molecule has 6 nitrogen and oxygen atoms in total. The van der Waals surface area contributed by atoms with Crippen LogP contribution < -0.4 is 0 Å². The first-order valence-corrected chi connectivity index (χ1v) is 9.29. The van der Waals surface area contributed by atoms with Crippen molar-refractivity contribution in [2.45, 2.75) is 38.6 Å². The van der Waals surface area contributed by atoms with Crippen LogP contribution in [-0.2, 0) is 11.2 Å². The van der Waals surface area contributed by atoms with Crippen LogP contribution in [0.2, 0.25) is 0 Å². The topological polar surface area (TPSA) is 72.1 Å². The van der Waals surface area contributed by atoms with Gasteiger partial charge in [0.25, 0.3) is 0 Å². The van der Waals surface area contributed by atoms with E-state index in [1.807, 2.05) is 48.2 Å². The highest BCUT2D eigenvalue weighted by Crippen LogP contribution is 2.32. The van der Waals surface area contributed by atoms with Gasteiger partial charge in [-0.25, -0.2) is 0 Å². The largest absolute Gasteiger partial charge is 0.421 e. The molecule has 0 N–H and O–H groups in total. The number of rotatable bonds is 5. The van der Waals surface area contributed by atoms with Gasteiger partial charge in [0.15, 0.2) is 0 Å². The molecule has 1 amide bonds. The van der Waals surface area contributed by atoms with Crippen LogP contribution in [0.1, 0.15) is 42.3 Å². The van der Waals surface area contributed by atoms with Gasteiger partial charge in [-0.2, -0.15) is 0 Å². The molecule has 0 spiro atoms. The third-order valence-corrected chi connectivity index (χ3v) is 4.98. The Hall–Kier alpha value is -3.02. The van der Waals surface area contributed by atoms with Crippen molar-refractivity contribution >= 4 is 5.91 Å². The fraction of sp³-hybridized carbons (Fsp3) is 0.333. The van der Waals surface area contributed by atoms with Gasteiger partial charge in [0.05, 0.1) is 6.04 Å². The lowest BCUT2D eigenvalue weighted by atomic mass is 10.1. The summed E-state index contributed by atoms with van der Waals surface area (Å²) >= 11 is 0. The smallest absolute Gasteiger partial charge is 0.247 e. The summed E-state index contributed by atoms with van der Waals surface area (Å²) in [5, 5.41) is 8.20. The first-order valence-electron chi connectivity index (χ1n) is 9.29. The van der Waals surface area contributed by atoms with E-state index in [1.165, 1.54) is 5.56 Å². The Morgan fingerprint density at radius 1 is 1.15 bits per heavy atom. The van der Waals surface area contributed by atoms with Crippen molar-refractivity contribution in [1.82, 2.24) is 20.1 Å². The van der Waals surface area contributed by atoms with Crippen LogP contribution in [0.3, 0.4) is 0 Å². The highest BCUT2D eigenvalue weighted by atomic mass is 16.4.